The van der Waals surface area contributed by atoms with Gasteiger partial charge in [-0.25, -0.2) is 0 Å². The van der Waals surface area contributed by atoms with Crippen molar-refractivity contribution in [2.45, 2.75) is 104 Å². The van der Waals surface area contributed by atoms with Crippen LogP contribution >= 0.6 is 0 Å². The smallest absolute Gasteiger partial charge is 0.310 e. The Morgan fingerprint density at radius 3 is 1.84 bits per heavy atom. The van der Waals surface area contributed by atoms with Crippen molar-refractivity contribution in [1.29, 1.82) is 0 Å². The summed E-state index contributed by atoms with van der Waals surface area (Å²) < 4.78 is 18.5. The molecule has 0 saturated carbocycles. The molecular weight excluding hydrogens is 505 g/mol. The highest BCUT2D eigenvalue weighted by Gasteiger charge is 2.40. The maximum absolute atomic E-state index is 12.7. The van der Waals surface area contributed by atoms with Crippen LogP contribution in [0.5, 0.6) is 11.5 Å². The molecule has 4 nitrogen and oxygen atoms in total. The first kappa shape index (κ1) is 30.2. The van der Waals surface area contributed by atoms with Gasteiger partial charge in [0.05, 0.1) is 13.0 Å². The Bertz CT molecular complexity index is 1180. The molecule has 0 aliphatic heterocycles. The summed E-state index contributed by atoms with van der Waals surface area (Å²) in [7, 11) is -3.85. The van der Waals surface area contributed by atoms with Gasteiger partial charge in [-0.2, -0.15) is 0 Å². The quantitative estimate of drug-likeness (QED) is 0.242. The average molecular weight is 553 g/mol. The molecule has 0 radical (unpaired) electrons. The van der Waals surface area contributed by atoms with Crippen molar-refractivity contribution in [2.24, 2.45) is 0 Å². The van der Waals surface area contributed by atoms with E-state index >= 15 is 0 Å². The van der Waals surface area contributed by atoms with E-state index in [0.29, 0.717) is 6.61 Å². The van der Waals surface area contributed by atoms with Crippen molar-refractivity contribution >= 4 is 33.8 Å². The van der Waals surface area contributed by atoms with Gasteiger partial charge in [-0.3, -0.25) is 4.79 Å². The van der Waals surface area contributed by atoms with Gasteiger partial charge in [0, 0.05) is 0 Å². The number of ether oxygens (including phenoxy) is 1. The normalized spacial score (nSPS) is 14.7. The molecule has 1 aliphatic carbocycles. The summed E-state index contributed by atoms with van der Waals surface area (Å²) in [6.45, 7) is 24.8. The first-order valence-corrected chi connectivity index (χ1v) is 19.8. The fourth-order valence-corrected chi connectivity index (χ4v) is 6.26. The lowest BCUT2D eigenvalue weighted by atomic mass is 9.81. The Kier molecular flexibility index (Phi) is 8.79. The van der Waals surface area contributed by atoms with Crippen LogP contribution in [0.25, 0.3) is 11.1 Å². The van der Waals surface area contributed by atoms with Gasteiger partial charge in [0.25, 0.3) is 0 Å². The third-order valence-corrected chi connectivity index (χ3v) is 17.3. The van der Waals surface area contributed by atoms with Crippen LogP contribution in [0.1, 0.15) is 78.0 Å². The first-order valence-electron chi connectivity index (χ1n) is 13.9. The Morgan fingerprint density at radius 2 is 1.32 bits per heavy atom. The number of carbonyl (C=O) groups is 1. The molecule has 2 aromatic rings. The highest BCUT2D eigenvalue weighted by Crippen LogP contribution is 2.43. The Morgan fingerprint density at radius 1 is 0.789 bits per heavy atom. The fourth-order valence-electron chi connectivity index (χ4n) is 4.20. The van der Waals surface area contributed by atoms with Crippen LogP contribution < -0.4 is 8.85 Å². The van der Waals surface area contributed by atoms with Gasteiger partial charge in [-0.1, -0.05) is 59.7 Å². The molecule has 1 aliphatic rings. The van der Waals surface area contributed by atoms with Crippen LogP contribution in [0.2, 0.25) is 36.3 Å². The summed E-state index contributed by atoms with van der Waals surface area (Å²) >= 11 is 0. The summed E-state index contributed by atoms with van der Waals surface area (Å²) in [5, 5.41) is 0.271. The molecule has 3 rings (SSSR count). The largest absolute Gasteiger partial charge is 0.544 e. The van der Waals surface area contributed by atoms with Gasteiger partial charge >= 0.3 is 5.97 Å². The van der Waals surface area contributed by atoms with Gasteiger partial charge in [0.2, 0.25) is 16.6 Å². The number of hydrogen-bond donors (Lipinski definition) is 0. The number of benzene rings is 2. The molecule has 0 heterocycles. The molecule has 0 fully saturated rings. The van der Waals surface area contributed by atoms with Crippen molar-refractivity contribution in [3.05, 3.63) is 59.2 Å². The highest BCUT2D eigenvalue weighted by atomic mass is 28.4. The number of aryl methyl sites for hydroxylation is 1. The second kappa shape index (κ2) is 11.0. The lowest BCUT2D eigenvalue weighted by Gasteiger charge is -2.37. The van der Waals surface area contributed by atoms with Crippen molar-refractivity contribution < 1.29 is 18.4 Å². The van der Waals surface area contributed by atoms with Crippen LogP contribution in [0.15, 0.2) is 42.5 Å². The van der Waals surface area contributed by atoms with E-state index in [4.69, 9.17) is 13.6 Å². The number of hydrogen-bond acceptors (Lipinski definition) is 4. The van der Waals surface area contributed by atoms with Crippen LogP contribution in [0, 0.1) is 0 Å². The second-order valence-electron chi connectivity index (χ2n) is 13.5. The zero-order valence-corrected chi connectivity index (χ0v) is 27.5. The Hall–Kier alpha value is -2.32. The maximum Gasteiger partial charge on any atom is 0.310 e. The standard InChI is InChI=1S/C32H48O4Si2/c1-12-34-30(33)22-29-27(23-13-16-25(17-14-23)35-37(8,9)31(2,3)4)19-15-24-21-26(18-20-28(24)29)36-38(10,11)32(5,6)7/h13-14,16-18,20-21H,12,15,19,22H2,1-11H3. The van der Waals surface area contributed by atoms with Gasteiger partial charge in [-0.15, -0.1) is 0 Å². The van der Waals surface area contributed by atoms with E-state index in [1.165, 1.54) is 11.1 Å². The van der Waals surface area contributed by atoms with E-state index in [9.17, 15) is 4.79 Å². The van der Waals surface area contributed by atoms with Crippen LogP contribution in [-0.4, -0.2) is 29.2 Å². The molecule has 6 heteroatoms. The lowest BCUT2D eigenvalue weighted by molar-refractivity contribution is -0.141. The minimum absolute atomic E-state index is 0.130. The zero-order chi connectivity index (χ0) is 28.5. The third kappa shape index (κ3) is 6.81. The molecule has 208 valence electrons. The third-order valence-electron chi connectivity index (χ3n) is 8.60. The Labute approximate surface area is 233 Å². The van der Waals surface area contributed by atoms with E-state index in [2.05, 4.69) is 110 Å². The van der Waals surface area contributed by atoms with Gasteiger partial charge in [-0.05, 0) is 108 Å². The van der Waals surface area contributed by atoms with Crippen molar-refractivity contribution in [2.75, 3.05) is 6.61 Å². The van der Waals surface area contributed by atoms with E-state index in [1.807, 2.05) is 6.92 Å². The monoisotopic (exact) mass is 552 g/mol. The van der Waals surface area contributed by atoms with E-state index in [0.717, 1.165) is 41.0 Å². The Balaban J connectivity index is 1.98. The molecular formula is C32H48O4Si2. The maximum atomic E-state index is 12.7. The molecule has 0 N–H and O–H groups in total. The molecule has 0 bridgehead atoms. The zero-order valence-electron chi connectivity index (χ0n) is 25.5. The van der Waals surface area contributed by atoms with Crippen molar-refractivity contribution in [3.8, 4) is 11.5 Å². The van der Waals surface area contributed by atoms with Crippen molar-refractivity contribution in [1.82, 2.24) is 0 Å². The predicted octanol–water partition coefficient (Wildman–Crippen LogP) is 9.26. The number of carbonyl (C=O) groups excluding carboxylic acids is 1. The summed E-state index contributed by atoms with van der Waals surface area (Å²) in [4.78, 5) is 12.7. The number of fused-ring (bicyclic) bond motifs is 1. The average Bonchev–Trinajstić information content (AvgIpc) is 2.78. The number of rotatable bonds is 8. The molecule has 0 atom stereocenters. The minimum atomic E-state index is -1.94. The highest BCUT2D eigenvalue weighted by molar-refractivity contribution is 6.75. The van der Waals surface area contributed by atoms with E-state index in [-0.39, 0.29) is 22.5 Å². The molecule has 0 unspecified atom stereocenters. The summed E-state index contributed by atoms with van der Waals surface area (Å²) in [5.74, 6) is 1.66. The predicted molar refractivity (Wildman–Crippen MR) is 165 cm³/mol. The SMILES string of the molecule is CCOC(=O)CC1=C(c2ccc(O[Si](C)(C)C(C)(C)C)cc2)CCc2cc(O[Si](C)(C)C(C)(C)C)ccc21. The molecule has 0 spiro atoms. The summed E-state index contributed by atoms with van der Waals surface area (Å²) in [5.41, 5.74) is 5.77. The second-order valence-corrected chi connectivity index (χ2v) is 23.0. The van der Waals surface area contributed by atoms with Crippen LogP contribution in [0.3, 0.4) is 0 Å². The number of esters is 1. The molecule has 2 aromatic carbocycles. The fraction of sp³-hybridized carbons (Fsp3) is 0.531. The summed E-state index contributed by atoms with van der Waals surface area (Å²) in [6.07, 6.45) is 2.04. The van der Waals surface area contributed by atoms with E-state index in [1.54, 1.807) is 0 Å². The van der Waals surface area contributed by atoms with Gasteiger partial charge < -0.3 is 13.6 Å². The molecule has 0 saturated heterocycles. The molecule has 0 aromatic heterocycles. The van der Waals surface area contributed by atoms with Gasteiger partial charge in [0.15, 0.2) is 0 Å². The minimum Gasteiger partial charge on any atom is -0.544 e. The molecule has 38 heavy (non-hydrogen) atoms. The lowest BCUT2D eigenvalue weighted by Crippen LogP contribution is -2.43. The van der Waals surface area contributed by atoms with Crippen LogP contribution in [0.4, 0.5) is 0 Å². The summed E-state index contributed by atoms with van der Waals surface area (Å²) in [6, 6.07) is 14.8. The number of allylic oxidation sites excluding steroid dienone is 1. The first-order chi connectivity index (χ1) is 17.4. The topological polar surface area (TPSA) is 44.8 Å². The van der Waals surface area contributed by atoms with E-state index < -0.39 is 16.6 Å². The van der Waals surface area contributed by atoms with Crippen molar-refractivity contribution in [3.63, 3.8) is 0 Å². The van der Waals surface area contributed by atoms with Crippen LogP contribution in [-0.2, 0) is 16.0 Å². The molecule has 0 amide bonds. The van der Waals surface area contributed by atoms with Gasteiger partial charge in [0.1, 0.15) is 11.5 Å².